The summed E-state index contributed by atoms with van der Waals surface area (Å²) in [4.78, 5) is 22.3. The van der Waals surface area contributed by atoms with Gasteiger partial charge in [0.05, 0.1) is 0 Å². The lowest BCUT2D eigenvalue weighted by molar-refractivity contribution is -0.130. The molecule has 1 N–H and O–H groups in total. The van der Waals surface area contributed by atoms with Crippen molar-refractivity contribution in [2.24, 2.45) is 0 Å². The number of amides is 1. The van der Waals surface area contributed by atoms with Crippen LogP contribution in [-0.4, -0.2) is 49.8 Å². The van der Waals surface area contributed by atoms with E-state index in [9.17, 15) is 4.79 Å². The molecular weight excluding hydrogens is 358 g/mol. The third-order valence-electron chi connectivity index (χ3n) is 5.17. The minimum Gasteiger partial charge on any atom is -0.343 e. The van der Waals surface area contributed by atoms with E-state index in [2.05, 4.69) is 45.3 Å². The van der Waals surface area contributed by atoms with E-state index in [1.165, 1.54) is 30.2 Å². The predicted molar refractivity (Wildman–Crippen MR) is 109 cm³/mol. The first-order chi connectivity index (χ1) is 13.2. The Morgan fingerprint density at radius 2 is 2.00 bits per heavy atom. The summed E-state index contributed by atoms with van der Waals surface area (Å²) in [5.74, 6) is 0.930. The summed E-state index contributed by atoms with van der Waals surface area (Å²) >= 11 is 1.50. The maximum absolute atomic E-state index is 12.4. The predicted octanol–water partition coefficient (Wildman–Crippen LogP) is 3.95. The Balaban J connectivity index is 1.42. The molecule has 3 heterocycles. The molecule has 0 spiro atoms. The Kier molecular flexibility index (Phi) is 5.57. The van der Waals surface area contributed by atoms with Crippen molar-refractivity contribution in [2.75, 3.05) is 18.8 Å². The van der Waals surface area contributed by atoms with Crippen LogP contribution >= 0.6 is 11.8 Å². The van der Waals surface area contributed by atoms with E-state index in [1.807, 2.05) is 4.90 Å². The highest BCUT2D eigenvalue weighted by molar-refractivity contribution is 7.99. The largest absolute Gasteiger partial charge is 0.343 e. The highest BCUT2D eigenvalue weighted by Gasteiger charge is 2.16. The van der Waals surface area contributed by atoms with Crippen LogP contribution < -0.4 is 0 Å². The lowest BCUT2D eigenvalue weighted by Crippen LogP contribution is -2.31. The molecule has 2 aromatic heterocycles. The van der Waals surface area contributed by atoms with Gasteiger partial charge >= 0.3 is 0 Å². The molecule has 4 rings (SSSR count). The van der Waals surface area contributed by atoms with Crippen LogP contribution in [0.5, 0.6) is 0 Å². The number of nitrogens with zero attached hydrogens (tertiary/aromatic N) is 4. The van der Waals surface area contributed by atoms with E-state index in [1.54, 1.807) is 0 Å². The van der Waals surface area contributed by atoms with E-state index in [0.29, 0.717) is 17.3 Å². The molecule has 6 nitrogen and oxygen atoms in total. The summed E-state index contributed by atoms with van der Waals surface area (Å²) in [5, 5.41) is 10.3. The van der Waals surface area contributed by atoms with Gasteiger partial charge < -0.3 is 9.88 Å². The van der Waals surface area contributed by atoms with E-state index in [0.717, 1.165) is 54.4 Å². The van der Waals surface area contributed by atoms with Crippen LogP contribution in [0.2, 0.25) is 0 Å². The Morgan fingerprint density at radius 3 is 2.78 bits per heavy atom. The van der Waals surface area contributed by atoms with Gasteiger partial charge in [0.15, 0.2) is 5.65 Å². The number of aryl methyl sites for hydroxylation is 1. The van der Waals surface area contributed by atoms with Gasteiger partial charge in [0.2, 0.25) is 11.1 Å². The molecule has 142 valence electrons. The Bertz CT molecular complexity index is 946. The second-order valence-electron chi connectivity index (χ2n) is 7.04. The first-order valence-corrected chi connectivity index (χ1v) is 10.8. The van der Waals surface area contributed by atoms with Gasteiger partial charge in [-0.25, -0.2) is 4.98 Å². The van der Waals surface area contributed by atoms with Crippen LogP contribution in [0.25, 0.3) is 22.1 Å². The van der Waals surface area contributed by atoms with Crippen molar-refractivity contribution in [1.82, 2.24) is 25.1 Å². The molecule has 1 amide bonds. The maximum atomic E-state index is 12.4. The van der Waals surface area contributed by atoms with Gasteiger partial charge in [0, 0.05) is 36.2 Å². The Labute approximate surface area is 163 Å². The molecular formula is C20H25N5OS. The van der Waals surface area contributed by atoms with Crippen LogP contribution in [0.15, 0.2) is 23.4 Å². The molecule has 0 atom stereocenters. The van der Waals surface area contributed by atoms with Gasteiger partial charge in [-0.15, -0.1) is 10.2 Å². The number of likely N-dealkylation sites (tertiary alicyclic amines) is 1. The van der Waals surface area contributed by atoms with Crippen molar-refractivity contribution >= 4 is 39.7 Å². The highest BCUT2D eigenvalue weighted by Crippen LogP contribution is 2.25. The summed E-state index contributed by atoms with van der Waals surface area (Å²) in [7, 11) is 0. The van der Waals surface area contributed by atoms with Crippen molar-refractivity contribution in [3.05, 3.63) is 23.8 Å². The van der Waals surface area contributed by atoms with Crippen molar-refractivity contribution in [1.29, 1.82) is 0 Å². The van der Waals surface area contributed by atoms with Crippen molar-refractivity contribution in [2.45, 2.75) is 50.6 Å². The standard InChI is InChI=1S/C20H25N5OS/c1-2-14-7-8-16-15(13-14)18-19(21-16)22-20(24-23-18)27-12-9-17(26)25-10-5-3-4-6-11-25/h7-8,13H,2-6,9-12H2,1H3,(H,21,22,24). The first-order valence-electron chi connectivity index (χ1n) is 9.80. The first kappa shape index (κ1) is 18.2. The fraction of sp³-hybridized carbons (Fsp3) is 0.500. The van der Waals surface area contributed by atoms with Gasteiger partial charge in [0.25, 0.3) is 0 Å². The summed E-state index contributed by atoms with van der Waals surface area (Å²) in [6.07, 6.45) is 6.25. The van der Waals surface area contributed by atoms with Crippen molar-refractivity contribution < 1.29 is 4.79 Å². The number of fused-ring (bicyclic) bond motifs is 3. The number of thioether (sulfide) groups is 1. The van der Waals surface area contributed by atoms with Gasteiger partial charge in [-0.3, -0.25) is 4.79 Å². The molecule has 27 heavy (non-hydrogen) atoms. The Hall–Kier alpha value is -2.15. The number of H-pyrrole nitrogens is 1. The zero-order chi connectivity index (χ0) is 18.6. The fourth-order valence-electron chi connectivity index (χ4n) is 3.59. The van der Waals surface area contributed by atoms with E-state index in [4.69, 9.17) is 0 Å². The van der Waals surface area contributed by atoms with Crippen LogP contribution in [0, 0.1) is 0 Å². The molecule has 1 aromatic carbocycles. The third kappa shape index (κ3) is 4.08. The molecule has 0 unspecified atom stereocenters. The molecule has 0 aliphatic carbocycles. The van der Waals surface area contributed by atoms with Gasteiger partial charge in [-0.2, -0.15) is 0 Å². The summed E-state index contributed by atoms with van der Waals surface area (Å²) in [6, 6.07) is 6.34. The van der Waals surface area contributed by atoms with Crippen molar-refractivity contribution in [3.63, 3.8) is 0 Å². The second-order valence-corrected chi connectivity index (χ2v) is 8.11. The molecule has 3 aromatic rings. The van der Waals surface area contributed by atoms with Crippen LogP contribution in [0.4, 0.5) is 0 Å². The van der Waals surface area contributed by atoms with Crippen molar-refractivity contribution in [3.8, 4) is 0 Å². The minimum atomic E-state index is 0.246. The third-order valence-corrected chi connectivity index (χ3v) is 6.01. The quantitative estimate of drug-likeness (QED) is 0.675. The number of nitrogens with one attached hydrogen (secondary N) is 1. The average molecular weight is 384 g/mol. The number of rotatable bonds is 5. The fourth-order valence-corrected chi connectivity index (χ4v) is 4.31. The van der Waals surface area contributed by atoms with Crippen LogP contribution in [0.3, 0.4) is 0 Å². The lowest BCUT2D eigenvalue weighted by Gasteiger charge is -2.19. The van der Waals surface area contributed by atoms with E-state index in [-0.39, 0.29) is 5.91 Å². The number of aromatic amines is 1. The average Bonchev–Trinajstić information content (AvgIpc) is 2.85. The monoisotopic (exact) mass is 383 g/mol. The smallest absolute Gasteiger partial charge is 0.223 e. The van der Waals surface area contributed by atoms with E-state index >= 15 is 0 Å². The zero-order valence-corrected chi connectivity index (χ0v) is 16.5. The number of carbonyl (C=O) groups excluding carboxylic acids is 1. The second kappa shape index (κ2) is 8.25. The van der Waals surface area contributed by atoms with Gasteiger partial charge in [-0.1, -0.05) is 37.6 Å². The Morgan fingerprint density at radius 1 is 1.19 bits per heavy atom. The zero-order valence-electron chi connectivity index (χ0n) is 15.7. The topological polar surface area (TPSA) is 74.8 Å². The van der Waals surface area contributed by atoms with Crippen LogP contribution in [0.1, 0.15) is 44.6 Å². The molecule has 1 fully saturated rings. The molecule has 7 heteroatoms. The summed E-state index contributed by atoms with van der Waals surface area (Å²) < 4.78 is 0. The number of carbonyl (C=O) groups is 1. The number of hydrogen-bond donors (Lipinski definition) is 1. The molecule has 0 saturated carbocycles. The minimum absolute atomic E-state index is 0.246. The molecule has 0 radical (unpaired) electrons. The van der Waals surface area contributed by atoms with Gasteiger partial charge in [-0.05, 0) is 37.0 Å². The van der Waals surface area contributed by atoms with E-state index < -0.39 is 0 Å². The lowest BCUT2D eigenvalue weighted by atomic mass is 10.1. The molecule has 1 aliphatic rings. The number of benzene rings is 1. The molecule has 1 saturated heterocycles. The SMILES string of the molecule is CCc1ccc2[nH]c3nc(SCCC(=O)N4CCCCCC4)nnc3c2c1. The molecule has 0 bridgehead atoms. The summed E-state index contributed by atoms with van der Waals surface area (Å²) in [5.41, 5.74) is 3.87. The van der Waals surface area contributed by atoms with Crippen LogP contribution in [-0.2, 0) is 11.2 Å². The van der Waals surface area contributed by atoms with Gasteiger partial charge in [0.1, 0.15) is 5.52 Å². The summed E-state index contributed by atoms with van der Waals surface area (Å²) in [6.45, 7) is 3.95. The maximum Gasteiger partial charge on any atom is 0.223 e. The molecule has 1 aliphatic heterocycles. The normalized spacial score (nSPS) is 15.4. The number of aromatic nitrogens is 4. The number of hydrogen-bond acceptors (Lipinski definition) is 5. The highest BCUT2D eigenvalue weighted by atomic mass is 32.2.